The quantitative estimate of drug-likeness (QED) is 0.124. The summed E-state index contributed by atoms with van der Waals surface area (Å²) in [5.41, 5.74) is 2.04. The fourth-order valence-corrected chi connectivity index (χ4v) is 7.08. The summed E-state index contributed by atoms with van der Waals surface area (Å²) < 4.78 is 22.1. The zero-order valence-electron chi connectivity index (χ0n) is 27.1. The summed E-state index contributed by atoms with van der Waals surface area (Å²) in [7, 11) is 0. The molecule has 1 fully saturated rings. The van der Waals surface area contributed by atoms with E-state index in [0.29, 0.717) is 56.4 Å². The second-order valence-electron chi connectivity index (χ2n) is 12.5. The fourth-order valence-electron chi connectivity index (χ4n) is 6.77. The number of rotatable bonds is 9. The van der Waals surface area contributed by atoms with E-state index in [1.807, 2.05) is 25.1 Å². The molecule has 5 heterocycles. The van der Waals surface area contributed by atoms with Crippen LogP contribution in [-0.2, 0) is 29.2 Å². The van der Waals surface area contributed by atoms with Crippen molar-refractivity contribution in [2.75, 3.05) is 5.32 Å². The normalized spacial score (nSPS) is 19.6. The van der Waals surface area contributed by atoms with E-state index in [0.717, 1.165) is 5.56 Å². The first-order chi connectivity index (χ1) is 23.5. The van der Waals surface area contributed by atoms with Crippen molar-refractivity contribution in [2.24, 2.45) is 5.41 Å². The Hall–Kier alpha value is -5.18. The molecule has 0 unspecified atom stereocenters. The van der Waals surface area contributed by atoms with Crippen LogP contribution in [0.2, 0.25) is 0 Å². The van der Waals surface area contributed by atoms with Gasteiger partial charge in [0.1, 0.15) is 41.2 Å². The Bertz CT molecular complexity index is 2180. The maximum Gasteiger partial charge on any atom is 0.248 e. The van der Waals surface area contributed by atoms with E-state index in [1.165, 1.54) is 11.6 Å². The lowest BCUT2D eigenvalue weighted by Crippen LogP contribution is -2.51. The summed E-state index contributed by atoms with van der Waals surface area (Å²) in [5.74, 6) is 0.644. The predicted octanol–water partition coefficient (Wildman–Crippen LogP) is 5.04. The molecule has 0 radical (unpaired) electrons. The molecule has 49 heavy (non-hydrogen) atoms. The SMILES string of the molecule is CC(=O)c1nn(CC(=O)N2[C@H](C(=O)Nc3nc(Br)ccc3C)C[C@@]3(Cc4nc(C)no4)C=C[C@@H]23)c2c(CF)cc(-c3cnc(C)nc3)cc12. The number of nitrogens with one attached hydrogen (secondary N) is 1. The number of carbonyl (C=O) groups excluding carboxylic acids is 3. The van der Waals surface area contributed by atoms with Crippen molar-refractivity contribution in [2.45, 2.75) is 65.8 Å². The molecule has 1 aliphatic heterocycles. The third kappa shape index (κ3) is 5.81. The van der Waals surface area contributed by atoms with Crippen molar-refractivity contribution in [3.8, 4) is 11.1 Å². The van der Waals surface area contributed by atoms with Crippen LogP contribution in [0.25, 0.3) is 22.0 Å². The van der Waals surface area contributed by atoms with Gasteiger partial charge in [0, 0.05) is 47.7 Å². The minimum absolute atomic E-state index is 0.101. The fraction of sp³-hybridized carbons (Fsp3) is 0.324. The summed E-state index contributed by atoms with van der Waals surface area (Å²) in [6, 6.07) is 5.61. The van der Waals surface area contributed by atoms with Gasteiger partial charge in [0.15, 0.2) is 11.6 Å². The molecule has 3 atom stereocenters. The summed E-state index contributed by atoms with van der Waals surface area (Å²) in [6.07, 6.45) is 7.73. The maximum atomic E-state index is 14.7. The van der Waals surface area contributed by atoms with Crippen LogP contribution in [-0.4, -0.2) is 69.5 Å². The van der Waals surface area contributed by atoms with Crippen molar-refractivity contribution in [1.82, 2.24) is 39.8 Å². The Morgan fingerprint density at radius 2 is 1.86 bits per heavy atom. The predicted molar refractivity (Wildman–Crippen MR) is 179 cm³/mol. The summed E-state index contributed by atoms with van der Waals surface area (Å²) in [5, 5.41) is 11.7. The molecule has 0 spiro atoms. The monoisotopic (exact) mass is 727 g/mol. The number of hydrogen-bond acceptors (Lipinski definition) is 10. The van der Waals surface area contributed by atoms with Crippen LogP contribution in [0.3, 0.4) is 0 Å². The smallest absolute Gasteiger partial charge is 0.248 e. The number of halogens is 2. The number of pyridine rings is 1. The number of anilines is 1. The van der Waals surface area contributed by atoms with E-state index in [4.69, 9.17) is 4.52 Å². The molecular weight excluding hydrogens is 697 g/mol. The van der Waals surface area contributed by atoms with Gasteiger partial charge in [0.2, 0.25) is 17.7 Å². The number of hydrogen-bond donors (Lipinski definition) is 1. The molecule has 1 saturated heterocycles. The van der Waals surface area contributed by atoms with Gasteiger partial charge in [0.25, 0.3) is 0 Å². The lowest BCUT2D eigenvalue weighted by Gasteiger charge is -2.40. The molecule has 2 amide bonds. The number of nitrogens with zero attached hydrogens (tertiary/aromatic N) is 8. The maximum absolute atomic E-state index is 14.7. The zero-order valence-corrected chi connectivity index (χ0v) is 28.7. The van der Waals surface area contributed by atoms with E-state index in [-0.39, 0.29) is 30.0 Å². The molecule has 0 saturated carbocycles. The molecule has 5 aromatic rings. The molecule has 1 aromatic carbocycles. The zero-order chi connectivity index (χ0) is 34.6. The van der Waals surface area contributed by atoms with Gasteiger partial charge in [-0.25, -0.2) is 19.3 Å². The van der Waals surface area contributed by atoms with Crippen molar-refractivity contribution in [3.05, 3.63) is 87.8 Å². The molecule has 2 aliphatic rings. The van der Waals surface area contributed by atoms with Crippen molar-refractivity contribution in [1.29, 1.82) is 0 Å². The first kappa shape index (κ1) is 32.4. The van der Waals surface area contributed by atoms with Gasteiger partial charge in [-0.15, -0.1) is 0 Å². The van der Waals surface area contributed by atoms with Crippen LogP contribution in [0.4, 0.5) is 10.2 Å². The number of Topliss-reactive ketones (excluding diaryl/α,β-unsaturated/α-hetero) is 1. The number of aromatic nitrogens is 7. The van der Waals surface area contributed by atoms with Crippen molar-refractivity contribution >= 4 is 50.2 Å². The van der Waals surface area contributed by atoms with Crippen LogP contribution < -0.4 is 5.32 Å². The molecule has 1 N–H and O–H groups in total. The first-order valence-electron chi connectivity index (χ1n) is 15.6. The van der Waals surface area contributed by atoms with Gasteiger partial charge < -0.3 is 14.7 Å². The minimum Gasteiger partial charge on any atom is -0.339 e. The van der Waals surface area contributed by atoms with Crippen LogP contribution in [0.15, 0.2) is 57.9 Å². The molecular formula is C34H31BrFN9O4. The highest BCUT2D eigenvalue weighted by molar-refractivity contribution is 9.10. The van der Waals surface area contributed by atoms with Crippen LogP contribution in [0.1, 0.15) is 52.5 Å². The number of benzene rings is 1. The Balaban J connectivity index is 1.26. The highest BCUT2D eigenvalue weighted by Gasteiger charge is 2.58. The first-order valence-corrected chi connectivity index (χ1v) is 16.4. The minimum atomic E-state index is -0.903. The number of alkyl halides is 1. The topological polar surface area (TPSA) is 162 Å². The average molecular weight is 729 g/mol. The van der Waals surface area contributed by atoms with Gasteiger partial charge in [-0.2, -0.15) is 10.1 Å². The molecule has 13 nitrogen and oxygen atoms in total. The largest absolute Gasteiger partial charge is 0.339 e. The van der Waals surface area contributed by atoms with E-state index in [1.54, 1.807) is 49.3 Å². The number of aryl methyl sites for hydroxylation is 3. The summed E-state index contributed by atoms with van der Waals surface area (Å²) >= 11 is 3.36. The highest BCUT2D eigenvalue weighted by atomic mass is 79.9. The number of carbonyl (C=O) groups is 3. The van der Waals surface area contributed by atoms with E-state index in [2.05, 4.69) is 51.4 Å². The molecule has 0 bridgehead atoms. The van der Waals surface area contributed by atoms with Crippen LogP contribution in [0, 0.1) is 26.2 Å². The van der Waals surface area contributed by atoms with E-state index < -0.39 is 36.0 Å². The van der Waals surface area contributed by atoms with Gasteiger partial charge >= 0.3 is 0 Å². The van der Waals surface area contributed by atoms with Crippen molar-refractivity contribution < 1.29 is 23.3 Å². The number of ketones is 1. The molecule has 250 valence electrons. The third-order valence-corrected chi connectivity index (χ3v) is 9.59. The Morgan fingerprint density at radius 3 is 2.51 bits per heavy atom. The van der Waals surface area contributed by atoms with Gasteiger partial charge in [-0.1, -0.05) is 23.4 Å². The van der Waals surface area contributed by atoms with Gasteiger partial charge in [0.05, 0.1) is 11.6 Å². The van der Waals surface area contributed by atoms with Crippen LogP contribution >= 0.6 is 15.9 Å². The Labute approximate surface area is 288 Å². The molecule has 4 aromatic heterocycles. The summed E-state index contributed by atoms with van der Waals surface area (Å²) in [6.45, 7) is 5.46. The standard InChI is InChI=1S/C34H31BrFN9O4/c1-17-5-6-27(35)40-32(17)41-33(48)25-11-34(12-28-39-20(4)43-49-28)8-7-26(34)45(25)29(47)16-44-31-22(13-36)9-21(23-14-37-19(3)38-15-23)10-24(31)30(42-44)18(2)46/h5-10,14-15,25-26H,11-13,16H2,1-4H3,(H,40,41,48)/t25-,26+,34+/m0/s1. The Kier molecular flexibility index (Phi) is 8.17. The lowest BCUT2D eigenvalue weighted by molar-refractivity contribution is -0.139. The van der Waals surface area contributed by atoms with E-state index >= 15 is 0 Å². The lowest BCUT2D eigenvalue weighted by atomic mass is 9.69. The summed E-state index contributed by atoms with van der Waals surface area (Å²) in [4.78, 5) is 60.0. The van der Waals surface area contributed by atoms with Crippen molar-refractivity contribution in [3.63, 3.8) is 0 Å². The second-order valence-corrected chi connectivity index (χ2v) is 13.3. The number of likely N-dealkylation sites (tertiary alicyclic amines) is 1. The Morgan fingerprint density at radius 1 is 1.08 bits per heavy atom. The molecule has 15 heteroatoms. The second kappa shape index (κ2) is 12.4. The molecule has 1 aliphatic carbocycles. The van der Waals surface area contributed by atoms with E-state index in [9.17, 15) is 18.8 Å². The highest BCUT2D eigenvalue weighted by Crippen LogP contribution is 2.51. The molecule has 7 rings (SSSR count). The number of fused-ring (bicyclic) bond motifs is 2. The average Bonchev–Trinajstić information content (AvgIpc) is 3.71. The van der Waals surface area contributed by atoms with Gasteiger partial charge in [-0.05, 0) is 72.4 Å². The third-order valence-electron chi connectivity index (χ3n) is 9.15. The van der Waals surface area contributed by atoms with Gasteiger partial charge in [-0.3, -0.25) is 19.1 Å². The van der Waals surface area contributed by atoms with Crippen LogP contribution in [0.5, 0.6) is 0 Å². The number of amides is 2.